The van der Waals surface area contributed by atoms with Crippen molar-refractivity contribution in [3.8, 4) is 0 Å². The number of nitrogens with one attached hydrogen (secondary N) is 1. The number of benzene rings is 1. The minimum Gasteiger partial charge on any atom is -0.325 e. The number of nitrogens with two attached hydrogens (primary N) is 1. The summed E-state index contributed by atoms with van der Waals surface area (Å²) in [6.07, 6.45) is 0. The second-order valence-corrected chi connectivity index (χ2v) is 4.84. The third-order valence-corrected chi connectivity index (χ3v) is 2.80. The molecule has 1 amide bonds. The number of hydrogen-bond donors (Lipinski definition) is 2. The molecule has 0 aliphatic carbocycles. The molecular weight excluding hydrogens is 240 g/mol. The first-order valence-corrected chi connectivity index (χ1v) is 5.83. The first-order chi connectivity index (χ1) is 6.80. The van der Waals surface area contributed by atoms with Crippen LogP contribution >= 0.6 is 11.6 Å². The van der Waals surface area contributed by atoms with Crippen molar-refractivity contribution < 1.29 is 13.2 Å². The van der Waals surface area contributed by atoms with Gasteiger partial charge in [0.15, 0.2) is 0 Å². The van der Waals surface area contributed by atoms with Gasteiger partial charge in [-0.25, -0.2) is 13.6 Å². The number of carbonyl (C=O) groups is 1. The van der Waals surface area contributed by atoms with Gasteiger partial charge in [-0.2, -0.15) is 0 Å². The topological polar surface area (TPSA) is 89.3 Å². The summed E-state index contributed by atoms with van der Waals surface area (Å²) < 4.78 is 21.9. The molecule has 0 atom stereocenters. The Morgan fingerprint density at radius 3 is 2.47 bits per heavy atom. The minimum atomic E-state index is -3.77. The molecule has 3 N–H and O–H groups in total. The zero-order valence-electron chi connectivity index (χ0n) is 7.82. The third kappa shape index (κ3) is 3.19. The lowest BCUT2D eigenvalue weighted by Crippen LogP contribution is -2.12. The van der Waals surface area contributed by atoms with Gasteiger partial charge in [-0.1, -0.05) is 11.6 Å². The molecule has 15 heavy (non-hydrogen) atoms. The van der Waals surface area contributed by atoms with Gasteiger partial charge < -0.3 is 5.32 Å². The van der Waals surface area contributed by atoms with Crippen molar-refractivity contribution in [2.45, 2.75) is 11.8 Å². The van der Waals surface area contributed by atoms with Crippen LogP contribution < -0.4 is 10.5 Å². The van der Waals surface area contributed by atoms with Crippen LogP contribution in [0.3, 0.4) is 0 Å². The summed E-state index contributed by atoms with van der Waals surface area (Å²) in [4.78, 5) is 10.6. The fraction of sp³-hybridized carbons (Fsp3) is 0.125. The second-order valence-electron chi connectivity index (χ2n) is 2.87. The predicted molar refractivity (Wildman–Crippen MR) is 57.1 cm³/mol. The lowest BCUT2D eigenvalue weighted by molar-refractivity contribution is -0.114. The molecule has 0 saturated carbocycles. The first kappa shape index (κ1) is 12.0. The molecule has 1 aromatic rings. The van der Waals surface area contributed by atoms with Crippen molar-refractivity contribution in [1.29, 1.82) is 0 Å². The normalized spacial score (nSPS) is 11.1. The molecule has 0 radical (unpaired) electrons. The molecular formula is C8H9ClN2O3S. The average Bonchev–Trinajstić information content (AvgIpc) is 2.05. The molecule has 0 aromatic heterocycles. The molecule has 0 heterocycles. The van der Waals surface area contributed by atoms with E-state index in [1.807, 2.05) is 0 Å². The maximum atomic E-state index is 11.0. The molecule has 0 spiro atoms. The monoisotopic (exact) mass is 248 g/mol. The summed E-state index contributed by atoms with van der Waals surface area (Å²) in [7, 11) is -3.77. The minimum absolute atomic E-state index is 0.0957. The molecule has 5 nitrogen and oxygen atoms in total. The lowest BCUT2D eigenvalue weighted by atomic mass is 10.3. The molecule has 0 fully saturated rings. The van der Waals surface area contributed by atoms with E-state index in [0.29, 0.717) is 5.69 Å². The third-order valence-electron chi connectivity index (χ3n) is 1.58. The zero-order chi connectivity index (χ0) is 11.6. The molecule has 1 aromatic carbocycles. The van der Waals surface area contributed by atoms with Crippen LogP contribution in [0.5, 0.6) is 0 Å². The maximum absolute atomic E-state index is 11.0. The summed E-state index contributed by atoms with van der Waals surface area (Å²) in [6, 6.07) is 3.83. The highest BCUT2D eigenvalue weighted by atomic mass is 35.5. The molecule has 0 saturated heterocycles. The quantitative estimate of drug-likeness (QED) is 0.816. The van der Waals surface area contributed by atoms with Crippen LogP contribution in [0.25, 0.3) is 0 Å². The van der Waals surface area contributed by atoms with Crippen LogP contribution in [0.1, 0.15) is 6.92 Å². The van der Waals surface area contributed by atoms with E-state index in [-0.39, 0.29) is 15.8 Å². The fourth-order valence-electron chi connectivity index (χ4n) is 0.964. The summed E-state index contributed by atoms with van der Waals surface area (Å²) in [5.74, 6) is -0.291. The molecule has 7 heteroatoms. The Bertz CT molecular complexity index is 499. The maximum Gasteiger partial charge on any atom is 0.238 e. The number of primary sulfonamides is 1. The van der Waals surface area contributed by atoms with Gasteiger partial charge >= 0.3 is 0 Å². The van der Waals surface area contributed by atoms with E-state index >= 15 is 0 Å². The van der Waals surface area contributed by atoms with Crippen LogP contribution in [0, 0.1) is 0 Å². The largest absolute Gasteiger partial charge is 0.325 e. The highest BCUT2D eigenvalue weighted by molar-refractivity contribution is 7.89. The molecule has 0 bridgehead atoms. The Hall–Kier alpha value is -1.11. The predicted octanol–water partition coefficient (Wildman–Crippen LogP) is 0.946. The number of carbonyl (C=O) groups excluding carboxylic acids is 1. The van der Waals surface area contributed by atoms with Crippen LogP contribution in [0.4, 0.5) is 5.69 Å². The molecule has 0 unspecified atom stereocenters. The highest BCUT2D eigenvalue weighted by Crippen LogP contribution is 2.24. The van der Waals surface area contributed by atoms with Crippen LogP contribution in [-0.2, 0) is 14.8 Å². The van der Waals surface area contributed by atoms with Crippen LogP contribution in [-0.4, -0.2) is 14.3 Å². The van der Waals surface area contributed by atoms with Gasteiger partial charge in [0, 0.05) is 6.92 Å². The Labute approximate surface area is 92.3 Å². The Balaban J connectivity index is 3.15. The smallest absolute Gasteiger partial charge is 0.238 e. The van der Waals surface area contributed by atoms with Crippen LogP contribution in [0.15, 0.2) is 23.1 Å². The average molecular weight is 249 g/mol. The van der Waals surface area contributed by atoms with E-state index in [9.17, 15) is 13.2 Å². The summed E-state index contributed by atoms with van der Waals surface area (Å²) in [6.45, 7) is 1.32. The number of hydrogen-bond acceptors (Lipinski definition) is 3. The van der Waals surface area contributed by atoms with Gasteiger partial charge in [-0.3, -0.25) is 4.79 Å². The van der Waals surface area contributed by atoms with Gasteiger partial charge in [-0.15, -0.1) is 0 Å². The number of anilines is 1. The number of rotatable bonds is 2. The fourth-order valence-corrected chi connectivity index (χ4v) is 1.80. The van der Waals surface area contributed by atoms with Gasteiger partial charge in [0.2, 0.25) is 15.9 Å². The summed E-state index contributed by atoms with van der Waals surface area (Å²) in [5, 5.41) is 7.47. The lowest BCUT2D eigenvalue weighted by Gasteiger charge is -2.05. The Morgan fingerprint density at radius 2 is 2.07 bits per heavy atom. The van der Waals surface area contributed by atoms with Crippen molar-refractivity contribution in [1.82, 2.24) is 0 Å². The zero-order valence-corrected chi connectivity index (χ0v) is 9.39. The second kappa shape index (κ2) is 4.18. The van der Waals surface area contributed by atoms with E-state index in [0.717, 1.165) is 0 Å². The van der Waals surface area contributed by atoms with Crippen molar-refractivity contribution >= 4 is 33.2 Å². The Kier molecular flexibility index (Phi) is 3.33. The van der Waals surface area contributed by atoms with Crippen molar-refractivity contribution in [3.05, 3.63) is 23.2 Å². The first-order valence-electron chi connectivity index (χ1n) is 3.90. The van der Waals surface area contributed by atoms with Crippen molar-refractivity contribution in [2.24, 2.45) is 5.14 Å². The summed E-state index contributed by atoms with van der Waals surface area (Å²) >= 11 is 5.74. The molecule has 82 valence electrons. The summed E-state index contributed by atoms with van der Waals surface area (Å²) in [5.41, 5.74) is 0.344. The Morgan fingerprint density at radius 1 is 1.47 bits per heavy atom. The number of sulfonamides is 1. The molecule has 0 aliphatic heterocycles. The number of halogens is 1. The van der Waals surface area contributed by atoms with E-state index in [1.165, 1.54) is 25.1 Å². The number of amides is 1. The van der Waals surface area contributed by atoms with Gasteiger partial charge in [0.05, 0.1) is 15.6 Å². The van der Waals surface area contributed by atoms with Crippen molar-refractivity contribution in [3.63, 3.8) is 0 Å². The molecule has 0 aliphatic rings. The van der Waals surface area contributed by atoms with E-state index < -0.39 is 10.0 Å². The van der Waals surface area contributed by atoms with E-state index in [1.54, 1.807) is 0 Å². The van der Waals surface area contributed by atoms with Gasteiger partial charge in [0.1, 0.15) is 0 Å². The molecule has 1 rings (SSSR count). The highest BCUT2D eigenvalue weighted by Gasteiger charge is 2.10. The van der Waals surface area contributed by atoms with E-state index in [2.05, 4.69) is 5.32 Å². The van der Waals surface area contributed by atoms with Gasteiger partial charge in [-0.05, 0) is 18.2 Å². The van der Waals surface area contributed by atoms with Crippen LogP contribution in [0.2, 0.25) is 5.02 Å². The van der Waals surface area contributed by atoms with Gasteiger partial charge in [0.25, 0.3) is 0 Å². The van der Waals surface area contributed by atoms with Crippen molar-refractivity contribution in [2.75, 3.05) is 5.32 Å². The standard InChI is InChI=1S/C8H9ClN2O3S/c1-5(12)11-8-3-2-6(4-7(8)9)15(10,13)14/h2-4H,1H3,(H,11,12)(H2,10,13,14). The SMILES string of the molecule is CC(=O)Nc1ccc(S(N)(=O)=O)cc1Cl. The van der Waals surface area contributed by atoms with E-state index in [4.69, 9.17) is 16.7 Å².